The summed E-state index contributed by atoms with van der Waals surface area (Å²) in [7, 11) is 0. The van der Waals surface area contributed by atoms with Gasteiger partial charge in [0.05, 0.1) is 5.69 Å². The standard InChI is InChI=1S/C18H26N2O/c1-2-3-4-5-6-7-8-11-15-14-17(20-19-15)16-12-9-10-13-18(16)21/h9-10,12-14,21H,2-8,11H2,1H3,(H,19,20). The highest BCUT2D eigenvalue weighted by Crippen LogP contribution is 2.27. The van der Waals surface area contributed by atoms with Crippen LogP contribution in [-0.2, 0) is 6.42 Å². The zero-order valence-corrected chi connectivity index (χ0v) is 12.9. The molecular weight excluding hydrogens is 260 g/mol. The highest BCUT2D eigenvalue weighted by atomic mass is 16.3. The van der Waals surface area contributed by atoms with Crippen molar-refractivity contribution in [2.75, 3.05) is 0 Å². The highest BCUT2D eigenvalue weighted by molar-refractivity contribution is 5.66. The number of hydrogen-bond acceptors (Lipinski definition) is 2. The van der Waals surface area contributed by atoms with Gasteiger partial charge in [-0.1, -0.05) is 57.6 Å². The molecule has 0 fully saturated rings. The Morgan fingerprint density at radius 1 is 1.00 bits per heavy atom. The summed E-state index contributed by atoms with van der Waals surface area (Å²) in [5, 5.41) is 17.2. The van der Waals surface area contributed by atoms with Gasteiger partial charge in [0.25, 0.3) is 0 Å². The van der Waals surface area contributed by atoms with Gasteiger partial charge in [0, 0.05) is 11.3 Å². The number of aromatic nitrogens is 2. The maximum Gasteiger partial charge on any atom is 0.125 e. The minimum absolute atomic E-state index is 0.284. The molecule has 3 heteroatoms. The topological polar surface area (TPSA) is 48.9 Å². The number of aromatic hydroxyl groups is 1. The summed E-state index contributed by atoms with van der Waals surface area (Å²) >= 11 is 0. The van der Waals surface area contributed by atoms with Crippen molar-refractivity contribution < 1.29 is 5.11 Å². The smallest absolute Gasteiger partial charge is 0.125 e. The fraction of sp³-hybridized carbons (Fsp3) is 0.500. The Morgan fingerprint density at radius 2 is 1.71 bits per heavy atom. The molecule has 0 saturated carbocycles. The number of aryl methyl sites for hydroxylation is 1. The van der Waals surface area contributed by atoms with E-state index in [9.17, 15) is 5.11 Å². The summed E-state index contributed by atoms with van der Waals surface area (Å²) < 4.78 is 0. The van der Waals surface area contributed by atoms with Crippen LogP contribution in [0, 0.1) is 0 Å². The van der Waals surface area contributed by atoms with E-state index in [0.717, 1.165) is 23.4 Å². The third-order valence-corrected chi connectivity index (χ3v) is 3.86. The van der Waals surface area contributed by atoms with Gasteiger partial charge in [0.15, 0.2) is 0 Å². The molecule has 1 aromatic carbocycles. The van der Waals surface area contributed by atoms with Crippen molar-refractivity contribution in [3.8, 4) is 17.0 Å². The first-order valence-corrected chi connectivity index (χ1v) is 8.14. The Hall–Kier alpha value is -1.77. The zero-order valence-electron chi connectivity index (χ0n) is 12.9. The maximum absolute atomic E-state index is 9.84. The van der Waals surface area contributed by atoms with Crippen LogP contribution in [0.3, 0.4) is 0 Å². The fourth-order valence-corrected chi connectivity index (χ4v) is 2.59. The molecule has 0 bridgehead atoms. The van der Waals surface area contributed by atoms with Crippen molar-refractivity contribution in [3.63, 3.8) is 0 Å². The Labute approximate surface area is 127 Å². The van der Waals surface area contributed by atoms with Crippen molar-refractivity contribution >= 4 is 0 Å². The summed E-state index contributed by atoms with van der Waals surface area (Å²) in [6.07, 6.45) is 10.3. The van der Waals surface area contributed by atoms with E-state index in [4.69, 9.17) is 0 Å². The van der Waals surface area contributed by atoms with Crippen LogP contribution in [0.4, 0.5) is 0 Å². The molecule has 0 unspecified atom stereocenters. The summed E-state index contributed by atoms with van der Waals surface area (Å²) in [4.78, 5) is 0. The van der Waals surface area contributed by atoms with Gasteiger partial charge < -0.3 is 5.11 Å². The van der Waals surface area contributed by atoms with E-state index in [1.165, 1.54) is 44.9 Å². The molecule has 1 heterocycles. The summed E-state index contributed by atoms with van der Waals surface area (Å²) in [5.41, 5.74) is 2.77. The van der Waals surface area contributed by atoms with E-state index in [0.29, 0.717) is 0 Å². The molecule has 0 atom stereocenters. The lowest BCUT2D eigenvalue weighted by atomic mass is 10.1. The number of rotatable bonds is 9. The minimum atomic E-state index is 0.284. The van der Waals surface area contributed by atoms with Crippen molar-refractivity contribution in [2.24, 2.45) is 0 Å². The van der Waals surface area contributed by atoms with Crippen LogP contribution < -0.4 is 0 Å². The lowest BCUT2D eigenvalue weighted by molar-refractivity contribution is 0.477. The van der Waals surface area contributed by atoms with E-state index in [1.807, 2.05) is 24.3 Å². The van der Waals surface area contributed by atoms with E-state index in [2.05, 4.69) is 17.1 Å². The molecule has 2 aromatic rings. The number of H-pyrrole nitrogens is 1. The molecule has 0 amide bonds. The molecule has 2 rings (SSSR count). The van der Waals surface area contributed by atoms with Gasteiger partial charge in [0.2, 0.25) is 0 Å². The number of nitrogens with one attached hydrogen (secondary N) is 1. The van der Waals surface area contributed by atoms with Crippen LogP contribution in [0.25, 0.3) is 11.3 Å². The molecule has 0 aliphatic rings. The molecule has 2 N–H and O–H groups in total. The second-order valence-corrected chi connectivity index (χ2v) is 5.67. The molecule has 21 heavy (non-hydrogen) atoms. The SMILES string of the molecule is CCCCCCCCCc1cc(-c2ccccc2O)n[nH]1. The third-order valence-electron chi connectivity index (χ3n) is 3.86. The van der Waals surface area contributed by atoms with E-state index >= 15 is 0 Å². The van der Waals surface area contributed by atoms with Crippen molar-refractivity contribution in [3.05, 3.63) is 36.0 Å². The Morgan fingerprint density at radius 3 is 2.48 bits per heavy atom. The second-order valence-electron chi connectivity index (χ2n) is 5.67. The van der Waals surface area contributed by atoms with Crippen LogP contribution >= 0.6 is 0 Å². The van der Waals surface area contributed by atoms with Gasteiger partial charge in [-0.3, -0.25) is 5.10 Å². The van der Waals surface area contributed by atoms with Gasteiger partial charge >= 0.3 is 0 Å². The molecule has 3 nitrogen and oxygen atoms in total. The molecule has 0 aliphatic carbocycles. The fourth-order valence-electron chi connectivity index (χ4n) is 2.59. The van der Waals surface area contributed by atoms with Crippen molar-refractivity contribution in [1.82, 2.24) is 10.2 Å². The third kappa shape index (κ3) is 4.92. The molecule has 0 aliphatic heterocycles. The first kappa shape index (κ1) is 15.6. The predicted octanol–water partition coefficient (Wildman–Crippen LogP) is 5.08. The van der Waals surface area contributed by atoms with Crippen LogP contribution in [0.5, 0.6) is 5.75 Å². The number of phenols is 1. The lowest BCUT2D eigenvalue weighted by Crippen LogP contribution is -1.86. The van der Waals surface area contributed by atoms with E-state index < -0.39 is 0 Å². The normalized spacial score (nSPS) is 10.9. The molecule has 1 aromatic heterocycles. The van der Waals surface area contributed by atoms with Gasteiger partial charge in [-0.2, -0.15) is 5.10 Å². The number of para-hydroxylation sites is 1. The first-order valence-electron chi connectivity index (χ1n) is 8.14. The molecule has 0 saturated heterocycles. The Bertz CT molecular complexity index is 534. The largest absolute Gasteiger partial charge is 0.507 e. The van der Waals surface area contributed by atoms with Crippen LogP contribution in [0.2, 0.25) is 0 Å². The number of phenolic OH excluding ortho intramolecular Hbond substituents is 1. The molecule has 0 spiro atoms. The number of unbranched alkanes of at least 4 members (excludes halogenated alkanes) is 6. The second kappa shape index (κ2) is 8.50. The zero-order chi connectivity index (χ0) is 14.9. The molecule has 0 radical (unpaired) electrons. The molecule has 114 valence electrons. The average molecular weight is 286 g/mol. The maximum atomic E-state index is 9.84. The molecular formula is C18H26N2O. The Kier molecular flexibility index (Phi) is 6.32. The van der Waals surface area contributed by atoms with Gasteiger partial charge in [0.1, 0.15) is 5.75 Å². The lowest BCUT2D eigenvalue weighted by Gasteiger charge is -2.00. The van der Waals surface area contributed by atoms with Crippen LogP contribution in [0.15, 0.2) is 30.3 Å². The van der Waals surface area contributed by atoms with Crippen molar-refractivity contribution in [2.45, 2.75) is 58.3 Å². The van der Waals surface area contributed by atoms with Gasteiger partial charge in [-0.05, 0) is 31.0 Å². The van der Waals surface area contributed by atoms with Crippen LogP contribution in [-0.4, -0.2) is 15.3 Å². The van der Waals surface area contributed by atoms with E-state index in [-0.39, 0.29) is 5.75 Å². The summed E-state index contributed by atoms with van der Waals surface area (Å²) in [6, 6.07) is 9.37. The van der Waals surface area contributed by atoms with Crippen LogP contribution in [0.1, 0.15) is 57.6 Å². The summed E-state index contributed by atoms with van der Waals surface area (Å²) in [5.74, 6) is 0.284. The number of aromatic amines is 1. The summed E-state index contributed by atoms with van der Waals surface area (Å²) in [6.45, 7) is 2.25. The highest BCUT2D eigenvalue weighted by Gasteiger charge is 2.07. The quantitative estimate of drug-likeness (QED) is 0.632. The number of hydrogen-bond donors (Lipinski definition) is 2. The minimum Gasteiger partial charge on any atom is -0.507 e. The van der Waals surface area contributed by atoms with Gasteiger partial charge in [-0.15, -0.1) is 0 Å². The number of benzene rings is 1. The predicted molar refractivity (Wildman–Crippen MR) is 87.4 cm³/mol. The van der Waals surface area contributed by atoms with E-state index in [1.54, 1.807) is 6.07 Å². The number of nitrogens with zero attached hydrogens (tertiary/aromatic N) is 1. The van der Waals surface area contributed by atoms with Gasteiger partial charge in [-0.25, -0.2) is 0 Å². The van der Waals surface area contributed by atoms with Crippen molar-refractivity contribution in [1.29, 1.82) is 0 Å². The average Bonchev–Trinajstić information content (AvgIpc) is 2.95. The monoisotopic (exact) mass is 286 g/mol. The first-order chi connectivity index (χ1) is 10.3. The Balaban J connectivity index is 1.75.